The largest absolute Gasteiger partial charge is 0.351 e. The highest BCUT2D eigenvalue weighted by Crippen LogP contribution is 2.09. The Kier molecular flexibility index (Phi) is 3.73. The smallest absolute Gasteiger partial charge is 0.273 e. The molecule has 0 radical (unpaired) electrons. The zero-order valence-corrected chi connectivity index (χ0v) is 10.3. The first-order valence-corrected chi connectivity index (χ1v) is 6.07. The Morgan fingerprint density at radius 2 is 2.41 bits per heavy atom. The van der Waals surface area contributed by atoms with E-state index in [0.717, 1.165) is 19.5 Å². The van der Waals surface area contributed by atoms with Crippen molar-refractivity contribution in [1.29, 1.82) is 0 Å². The van der Waals surface area contributed by atoms with Gasteiger partial charge in [-0.3, -0.25) is 4.79 Å². The molecule has 0 aromatic carbocycles. The highest BCUT2D eigenvalue weighted by molar-refractivity contribution is 5.91. The van der Waals surface area contributed by atoms with E-state index in [0.29, 0.717) is 24.2 Å². The van der Waals surface area contributed by atoms with E-state index in [1.807, 2.05) is 0 Å². The van der Waals surface area contributed by atoms with E-state index in [-0.39, 0.29) is 5.91 Å². The van der Waals surface area contributed by atoms with Crippen LogP contribution in [0.4, 0.5) is 0 Å². The van der Waals surface area contributed by atoms with Crippen LogP contribution in [0.25, 0.3) is 0 Å². The molecular weight excluding hydrogens is 218 g/mol. The number of carbonyl (C=O) groups is 1. The number of hydrogen-bond acceptors (Lipinski definition) is 4. The molecule has 1 saturated heterocycles. The van der Waals surface area contributed by atoms with Crippen LogP contribution in [0.1, 0.15) is 36.8 Å². The zero-order chi connectivity index (χ0) is 12.3. The maximum absolute atomic E-state index is 11.7. The Hall–Kier alpha value is -1.43. The summed E-state index contributed by atoms with van der Waals surface area (Å²) < 4.78 is 1.76. The molecule has 0 bridgehead atoms. The van der Waals surface area contributed by atoms with Gasteiger partial charge in [0.15, 0.2) is 5.69 Å². The fourth-order valence-electron chi connectivity index (χ4n) is 1.58. The summed E-state index contributed by atoms with van der Waals surface area (Å²) in [5, 5.41) is 13.9. The zero-order valence-electron chi connectivity index (χ0n) is 10.3. The number of hydrogen-bond donors (Lipinski definition) is 2. The topological polar surface area (TPSA) is 71.8 Å². The first kappa shape index (κ1) is 12.0. The molecule has 0 aliphatic carbocycles. The Morgan fingerprint density at radius 3 is 3.00 bits per heavy atom. The molecule has 1 aromatic heterocycles. The average molecular weight is 237 g/mol. The van der Waals surface area contributed by atoms with E-state index in [4.69, 9.17) is 0 Å². The van der Waals surface area contributed by atoms with Crippen molar-refractivity contribution in [2.45, 2.75) is 26.3 Å². The van der Waals surface area contributed by atoms with Crippen molar-refractivity contribution in [3.05, 3.63) is 11.9 Å². The minimum atomic E-state index is -0.135. The fourth-order valence-corrected chi connectivity index (χ4v) is 1.58. The van der Waals surface area contributed by atoms with Gasteiger partial charge in [-0.1, -0.05) is 19.1 Å². The Labute approximate surface area is 101 Å². The first-order chi connectivity index (χ1) is 8.16. The number of nitrogens with zero attached hydrogens (tertiary/aromatic N) is 3. The molecule has 2 heterocycles. The highest BCUT2D eigenvalue weighted by atomic mass is 16.2. The molecule has 17 heavy (non-hydrogen) atoms. The summed E-state index contributed by atoms with van der Waals surface area (Å²) in [5.74, 6) is 0.455. The summed E-state index contributed by atoms with van der Waals surface area (Å²) in [6.07, 6.45) is 2.70. The van der Waals surface area contributed by atoms with E-state index < -0.39 is 0 Å². The van der Waals surface area contributed by atoms with Crippen LogP contribution in [0.15, 0.2) is 6.20 Å². The molecule has 2 N–H and O–H groups in total. The van der Waals surface area contributed by atoms with Gasteiger partial charge < -0.3 is 10.6 Å². The van der Waals surface area contributed by atoms with Crippen molar-refractivity contribution in [2.75, 3.05) is 19.6 Å². The third kappa shape index (κ3) is 3.03. The minimum Gasteiger partial charge on any atom is -0.351 e. The normalized spacial score (nSPS) is 15.9. The lowest BCUT2D eigenvalue weighted by Gasteiger charge is -2.26. The van der Waals surface area contributed by atoms with Gasteiger partial charge in [0.05, 0.1) is 12.2 Å². The number of nitrogens with one attached hydrogen (secondary N) is 2. The van der Waals surface area contributed by atoms with Crippen LogP contribution in [0.5, 0.6) is 0 Å². The Bertz CT molecular complexity index is 383. The second kappa shape index (κ2) is 5.27. The van der Waals surface area contributed by atoms with Crippen molar-refractivity contribution in [2.24, 2.45) is 5.92 Å². The van der Waals surface area contributed by atoms with Crippen molar-refractivity contribution >= 4 is 5.91 Å². The third-order valence-electron chi connectivity index (χ3n) is 2.88. The fraction of sp³-hybridized carbons (Fsp3) is 0.727. The van der Waals surface area contributed by atoms with Crippen LogP contribution < -0.4 is 10.6 Å². The van der Waals surface area contributed by atoms with E-state index in [1.165, 1.54) is 0 Å². The minimum absolute atomic E-state index is 0.135. The summed E-state index contributed by atoms with van der Waals surface area (Å²) in [4.78, 5) is 11.7. The second-order valence-corrected chi connectivity index (χ2v) is 4.83. The summed E-state index contributed by atoms with van der Waals surface area (Å²) in [6.45, 7) is 6.75. The average Bonchev–Trinajstić information content (AvgIpc) is 2.63. The molecule has 1 aromatic rings. The van der Waals surface area contributed by atoms with Crippen molar-refractivity contribution in [3.8, 4) is 0 Å². The molecule has 94 valence electrons. The lowest BCUT2D eigenvalue weighted by molar-refractivity contribution is 0.0947. The molecular formula is C11H19N5O. The van der Waals surface area contributed by atoms with Gasteiger partial charge in [0.1, 0.15) is 0 Å². The maximum atomic E-state index is 11.7. The van der Waals surface area contributed by atoms with Gasteiger partial charge >= 0.3 is 0 Å². The van der Waals surface area contributed by atoms with Crippen LogP contribution in [0.2, 0.25) is 0 Å². The Balaban J connectivity index is 1.84. The molecule has 0 unspecified atom stereocenters. The second-order valence-electron chi connectivity index (χ2n) is 4.83. The predicted molar refractivity (Wildman–Crippen MR) is 63.7 cm³/mol. The molecule has 6 heteroatoms. The van der Waals surface area contributed by atoms with Crippen LogP contribution in [-0.2, 0) is 0 Å². The number of aromatic nitrogens is 3. The van der Waals surface area contributed by atoms with Crippen LogP contribution in [0.3, 0.4) is 0 Å². The molecule has 2 rings (SSSR count). The van der Waals surface area contributed by atoms with Gasteiger partial charge in [-0.2, -0.15) is 0 Å². The SMILES string of the molecule is CC(C)CCNC(=O)c1cn(C2CNC2)nn1. The molecule has 0 saturated carbocycles. The molecule has 6 nitrogen and oxygen atoms in total. The molecule has 0 spiro atoms. The number of rotatable bonds is 5. The third-order valence-corrected chi connectivity index (χ3v) is 2.88. The predicted octanol–water partition coefficient (Wildman–Crippen LogP) is 0.198. The van der Waals surface area contributed by atoms with Gasteiger partial charge in [-0.25, -0.2) is 4.68 Å². The van der Waals surface area contributed by atoms with E-state index in [9.17, 15) is 4.79 Å². The van der Waals surface area contributed by atoms with E-state index >= 15 is 0 Å². The molecule has 0 atom stereocenters. The van der Waals surface area contributed by atoms with Crippen molar-refractivity contribution < 1.29 is 4.79 Å². The standard InChI is InChI=1S/C11H19N5O/c1-8(2)3-4-13-11(17)10-7-16(15-14-10)9-5-12-6-9/h7-9,12H,3-6H2,1-2H3,(H,13,17). The molecule has 1 fully saturated rings. The monoisotopic (exact) mass is 237 g/mol. The summed E-state index contributed by atoms with van der Waals surface area (Å²) in [6, 6.07) is 0.347. The molecule has 1 aliphatic rings. The van der Waals surface area contributed by atoms with Gasteiger partial charge in [0.25, 0.3) is 5.91 Å². The lowest BCUT2D eigenvalue weighted by atomic mass is 10.1. The van der Waals surface area contributed by atoms with Gasteiger partial charge in [-0.05, 0) is 12.3 Å². The quantitative estimate of drug-likeness (QED) is 0.767. The summed E-state index contributed by atoms with van der Waals surface area (Å²) >= 11 is 0. The van der Waals surface area contributed by atoms with E-state index in [2.05, 4.69) is 34.8 Å². The van der Waals surface area contributed by atoms with E-state index in [1.54, 1.807) is 10.9 Å². The lowest BCUT2D eigenvalue weighted by Crippen LogP contribution is -2.43. The van der Waals surface area contributed by atoms with Crippen LogP contribution in [0, 0.1) is 5.92 Å². The van der Waals surface area contributed by atoms with Gasteiger partial charge in [0.2, 0.25) is 0 Å². The Morgan fingerprint density at radius 1 is 1.65 bits per heavy atom. The molecule has 1 aliphatic heterocycles. The maximum Gasteiger partial charge on any atom is 0.273 e. The number of carbonyl (C=O) groups excluding carboxylic acids is 1. The summed E-state index contributed by atoms with van der Waals surface area (Å²) in [5.41, 5.74) is 0.403. The van der Waals surface area contributed by atoms with Crippen LogP contribution >= 0.6 is 0 Å². The van der Waals surface area contributed by atoms with Gasteiger partial charge in [0, 0.05) is 19.6 Å². The number of amides is 1. The molecule has 1 amide bonds. The van der Waals surface area contributed by atoms with Gasteiger partial charge in [-0.15, -0.1) is 5.10 Å². The summed E-state index contributed by atoms with van der Waals surface area (Å²) in [7, 11) is 0. The van der Waals surface area contributed by atoms with Crippen LogP contribution in [-0.4, -0.2) is 40.5 Å². The van der Waals surface area contributed by atoms with Crippen molar-refractivity contribution in [3.63, 3.8) is 0 Å². The first-order valence-electron chi connectivity index (χ1n) is 6.07. The van der Waals surface area contributed by atoms with Crippen molar-refractivity contribution in [1.82, 2.24) is 25.6 Å². The highest BCUT2D eigenvalue weighted by Gasteiger charge is 2.21.